The smallest absolute Gasteiger partial charge is 0.0589 e. The predicted molar refractivity (Wildman–Crippen MR) is 81.6 cm³/mol. The monoisotopic (exact) mass is 277 g/mol. The Morgan fingerprint density at radius 2 is 1.50 bits per heavy atom. The molecule has 0 saturated heterocycles. The Bertz CT molecular complexity index is 159. The summed E-state index contributed by atoms with van der Waals surface area (Å²) in [5.74, 6) is 1.02. The lowest BCUT2D eigenvalue weighted by Crippen LogP contribution is -2.31. The van der Waals surface area contributed by atoms with E-state index >= 15 is 0 Å². The lowest BCUT2D eigenvalue weighted by atomic mass is 10.1. The molecule has 3 nitrogen and oxygen atoms in total. The summed E-state index contributed by atoms with van der Waals surface area (Å²) in [6, 6.07) is 0. The van der Waals surface area contributed by atoms with Crippen molar-refractivity contribution in [2.24, 2.45) is 0 Å². The first-order valence-electron chi connectivity index (χ1n) is 7.28. The molecular weight excluding hydrogens is 246 g/mol. The van der Waals surface area contributed by atoms with Crippen LogP contribution in [0.25, 0.3) is 0 Å². The lowest BCUT2D eigenvalue weighted by molar-refractivity contribution is 0.129. The Hall–Kier alpha value is 0.230. The number of hydrogen-bond acceptors (Lipinski definition) is 4. The van der Waals surface area contributed by atoms with Crippen LogP contribution < -0.4 is 0 Å². The topological polar surface area (TPSA) is 32.7 Å². The first-order chi connectivity index (χ1) is 8.85. The highest BCUT2D eigenvalue weighted by Gasteiger charge is 2.03. The minimum atomic E-state index is 0.243. The van der Waals surface area contributed by atoms with Crippen molar-refractivity contribution in [1.82, 2.24) is 4.90 Å². The van der Waals surface area contributed by atoms with E-state index in [9.17, 15) is 0 Å². The summed E-state index contributed by atoms with van der Waals surface area (Å²) < 4.78 is 5.07. The number of methoxy groups -OCH3 is 1. The molecule has 0 unspecified atom stereocenters. The van der Waals surface area contributed by atoms with Crippen molar-refractivity contribution in [3.8, 4) is 0 Å². The summed E-state index contributed by atoms with van der Waals surface area (Å²) >= 11 is 4.21. The maximum absolute atomic E-state index is 8.97. The lowest BCUT2D eigenvalue weighted by Gasteiger charge is -2.20. The number of rotatable bonds is 14. The number of aliphatic hydroxyl groups excluding tert-OH is 1. The average Bonchev–Trinajstić information content (AvgIpc) is 2.39. The van der Waals surface area contributed by atoms with Crippen LogP contribution in [-0.2, 0) is 4.74 Å². The van der Waals surface area contributed by atoms with Crippen LogP contribution in [-0.4, -0.2) is 55.7 Å². The van der Waals surface area contributed by atoms with Gasteiger partial charge in [-0.15, -0.1) is 0 Å². The van der Waals surface area contributed by atoms with E-state index in [2.05, 4.69) is 17.5 Å². The van der Waals surface area contributed by atoms with Crippen molar-refractivity contribution < 1.29 is 9.84 Å². The van der Waals surface area contributed by atoms with Crippen molar-refractivity contribution in [2.75, 3.05) is 45.7 Å². The SMILES string of the molecule is COCCN(CCO)CCCCCCCCCS. The highest BCUT2D eigenvalue weighted by Crippen LogP contribution is 2.08. The molecule has 0 aromatic heterocycles. The highest BCUT2D eigenvalue weighted by atomic mass is 32.1. The molecule has 4 heteroatoms. The first kappa shape index (κ1) is 18.2. The zero-order chi connectivity index (χ0) is 13.5. The van der Waals surface area contributed by atoms with Gasteiger partial charge in [0.1, 0.15) is 0 Å². The Kier molecular flexibility index (Phi) is 15.5. The molecule has 0 aliphatic heterocycles. The summed E-state index contributed by atoms with van der Waals surface area (Å²) in [5, 5.41) is 8.97. The summed E-state index contributed by atoms with van der Waals surface area (Å²) in [6.45, 7) is 3.78. The Balaban J connectivity index is 3.31. The molecule has 0 aliphatic carbocycles. The number of aliphatic hydroxyl groups is 1. The van der Waals surface area contributed by atoms with Crippen molar-refractivity contribution in [3.05, 3.63) is 0 Å². The molecule has 110 valence electrons. The van der Waals surface area contributed by atoms with Gasteiger partial charge in [0, 0.05) is 20.2 Å². The van der Waals surface area contributed by atoms with Crippen LogP contribution in [0.15, 0.2) is 0 Å². The third-order valence-electron chi connectivity index (χ3n) is 3.16. The molecule has 0 aliphatic rings. The molecule has 0 bridgehead atoms. The van der Waals surface area contributed by atoms with Gasteiger partial charge >= 0.3 is 0 Å². The quantitative estimate of drug-likeness (QED) is 0.378. The van der Waals surface area contributed by atoms with E-state index in [4.69, 9.17) is 9.84 Å². The summed E-state index contributed by atoms with van der Waals surface area (Å²) in [7, 11) is 1.72. The second-order valence-corrected chi connectivity index (χ2v) is 5.20. The summed E-state index contributed by atoms with van der Waals surface area (Å²) in [4.78, 5) is 2.28. The van der Waals surface area contributed by atoms with E-state index in [1.165, 1.54) is 44.9 Å². The minimum absolute atomic E-state index is 0.243. The molecular formula is C14H31NO2S. The Morgan fingerprint density at radius 3 is 2.06 bits per heavy atom. The molecule has 1 N–H and O–H groups in total. The van der Waals surface area contributed by atoms with Crippen LogP contribution in [0.1, 0.15) is 44.9 Å². The van der Waals surface area contributed by atoms with Gasteiger partial charge in [-0.1, -0.05) is 32.1 Å². The van der Waals surface area contributed by atoms with Crippen molar-refractivity contribution in [1.29, 1.82) is 0 Å². The van der Waals surface area contributed by atoms with Crippen LogP contribution >= 0.6 is 12.6 Å². The standard InChI is InChI=1S/C14H31NO2S/c1-17-13-11-15(10-12-16)9-7-5-3-2-4-6-8-14-18/h16,18H,2-14H2,1H3. The van der Waals surface area contributed by atoms with E-state index in [-0.39, 0.29) is 6.61 Å². The maximum atomic E-state index is 8.97. The fourth-order valence-electron chi connectivity index (χ4n) is 2.03. The summed E-state index contributed by atoms with van der Waals surface area (Å²) in [6.07, 6.45) is 9.16. The van der Waals surface area contributed by atoms with E-state index in [1.807, 2.05) is 0 Å². The molecule has 0 radical (unpaired) electrons. The molecule has 0 spiro atoms. The number of thiol groups is 1. The fourth-order valence-corrected chi connectivity index (χ4v) is 2.25. The maximum Gasteiger partial charge on any atom is 0.0589 e. The van der Waals surface area contributed by atoms with Crippen LogP contribution in [0.4, 0.5) is 0 Å². The molecule has 0 aromatic rings. The van der Waals surface area contributed by atoms with Gasteiger partial charge in [0.15, 0.2) is 0 Å². The zero-order valence-corrected chi connectivity index (χ0v) is 12.8. The molecule has 0 heterocycles. The molecule has 0 rings (SSSR count). The number of unbranched alkanes of at least 4 members (excludes halogenated alkanes) is 6. The second kappa shape index (κ2) is 15.3. The third kappa shape index (κ3) is 12.7. The normalized spacial score (nSPS) is 11.3. The molecule has 0 amide bonds. The largest absolute Gasteiger partial charge is 0.395 e. The van der Waals surface area contributed by atoms with Crippen molar-refractivity contribution in [3.63, 3.8) is 0 Å². The zero-order valence-electron chi connectivity index (χ0n) is 11.9. The first-order valence-corrected chi connectivity index (χ1v) is 7.91. The van der Waals surface area contributed by atoms with E-state index in [1.54, 1.807) is 7.11 Å². The van der Waals surface area contributed by atoms with Gasteiger partial charge < -0.3 is 9.84 Å². The van der Waals surface area contributed by atoms with Crippen LogP contribution in [0.2, 0.25) is 0 Å². The molecule has 18 heavy (non-hydrogen) atoms. The van der Waals surface area contributed by atoms with Gasteiger partial charge in [-0.05, 0) is 25.1 Å². The van der Waals surface area contributed by atoms with E-state index in [0.717, 1.165) is 32.0 Å². The van der Waals surface area contributed by atoms with Crippen molar-refractivity contribution in [2.45, 2.75) is 44.9 Å². The minimum Gasteiger partial charge on any atom is -0.395 e. The Labute approximate surface area is 118 Å². The fraction of sp³-hybridized carbons (Fsp3) is 1.00. The van der Waals surface area contributed by atoms with Gasteiger partial charge in [-0.3, -0.25) is 4.90 Å². The summed E-state index contributed by atoms with van der Waals surface area (Å²) in [5.41, 5.74) is 0. The Morgan fingerprint density at radius 1 is 0.889 bits per heavy atom. The molecule has 0 atom stereocenters. The molecule has 0 saturated carbocycles. The number of nitrogens with zero attached hydrogens (tertiary/aromatic N) is 1. The van der Waals surface area contributed by atoms with Gasteiger partial charge in [-0.2, -0.15) is 12.6 Å². The van der Waals surface area contributed by atoms with E-state index in [0.29, 0.717) is 0 Å². The van der Waals surface area contributed by atoms with Gasteiger partial charge in [-0.25, -0.2) is 0 Å². The second-order valence-electron chi connectivity index (χ2n) is 4.76. The van der Waals surface area contributed by atoms with Gasteiger partial charge in [0.25, 0.3) is 0 Å². The predicted octanol–water partition coefficient (Wildman–Crippen LogP) is 2.59. The van der Waals surface area contributed by atoms with Gasteiger partial charge in [0.2, 0.25) is 0 Å². The van der Waals surface area contributed by atoms with Crippen LogP contribution in [0.5, 0.6) is 0 Å². The molecule has 0 aromatic carbocycles. The van der Waals surface area contributed by atoms with Crippen LogP contribution in [0, 0.1) is 0 Å². The van der Waals surface area contributed by atoms with Crippen molar-refractivity contribution >= 4 is 12.6 Å². The third-order valence-corrected chi connectivity index (χ3v) is 3.48. The van der Waals surface area contributed by atoms with Gasteiger partial charge in [0.05, 0.1) is 13.2 Å². The van der Waals surface area contributed by atoms with E-state index < -0.39 is 0 Å². The number of ether oxygens (including phenoxy) is 1. The number of hydrogen-bond donors (Lipinski definition) is 2. The average molecular weight is 277 g/mol. The molecule has 0 fully saturated rings. The highest BCUT2D eigenvalue weighted by molar-refractivity contribution is 7.80. The van der Waals surface area contributed by atoms with Crippen LogP contribution in [0.3, 0.4) is 0 Å².